The van der Waals surface area contributed by atoms with Crippen LogP contribution in [0.15, 0.2) is 0 Å². The van der Waals surface area contributed by atoms with E-state index in [1.54, 1.807) is 6.92 Å². The Morgan fingerprint density at radius 3 is 2.58 bits per heavy atom. The van der Waals surface area contributed by atoms with Crippen molar-refractivity contribution in [1.29, 1.82) is 0 Å². The number of carbonyl (C=O) groups excluding carboxylic acids is 2. The van der Waals surface area contributed by atoms with E-state index in [0.717, 1.165) is 25.9 Å². The van der Waals surface area contributed by atoms with Crippen molar-refractivity contribution in [3.05, 3.63) is 0 Å². The van der Waals surface area contributed by atoms with Crippen LogP contribution in [0.2, 0.25) is 0 Å². The van der Waals surface area contributed by atoms with Crippen LogP contribution < -0.4 is 10.6 Å². The van der Waals surface area contributed by atoms with Crippen LogP contribution in [0.3, 0.4) is 0 Å². The van der Waals surface area contributed by atoms with Gasteiger partial charge in [0.15, 0.2) is 0 Å². The average molecular weight is 269 g/mol. The van der Waals surface area contributed by atoms with E-state index in [9.17, 15) is 9.59 Å². The molecular formula is C13H23N3O3. The molecule has 2 rings (SSSR count). The molecule has 0 aliphatic carbocycles. The maximum absolute atomic E-state index is 12.1. The lowest BCUT2D eigenvalue weighted by atomic mass is 10.0. The van der Waals surface area contributed by atoms with Gasteiger partial charge in [-0.05, 0) is 26.8 Å². The average Bonchev–Trinajstić information content (AvgIpc) is 3.08. The maximum atomic E-state index is 12.1. The molecule has 108 valence electrons. The summed E-state index contributed by atoms with van der Waals surface area (Å²) in [5.74, 6) is -0.290. The van der Waals surface area contributed by atoms with Gasteiger partial charge in [0.1, 0.15) is 6.04 Å². The quantitative estimate of drug-likeness (QED) is 0.711. The first-order valence-corrected chi connectivity index (χ1v) is 6.97. The number of carbonyl (C=O) groups is 2. The van der Waals surface area contributed by atoms with Gasteiger partial charge in [-0.1, -0.05) is 0 Å². The lowest BCUT2D eigenvalue weighted by molar-refractivity contribution is -0.136. The molecule has 2 aliphatic heterocycles. The van der Waals surface area contributed by atoms with Crippen LogP contribution in [0.25, 0.3) is 0 Å². The van der Waals surface area contributed by atoms with Crippen LogP contribution in [-0.2, 0) is 14.3 Å². The number of hydrogen-bond acceptors (Lipinski definition) is 4. The molecule has 2 heterocycles. The van der Waals surface area contributed by atoms with Gasteiger partial charge < -0.3 is 20.3 Å². The van der Waals surface area contributed by atoms with Gasteiger partial charge in [0, 0.05) is 19.1 Å². The lowest BCUT2D eigenvalue weighted by Crippen LogP contribution is -2.50. The Kier molecular flexibility index (Phi) is 4.76. The van der Waals surface area contributed by atoms with Crippen molar-refractivity contribution in [1.82, 2.24) is 15.5 Å². The van der Waals surface area contributed by atoms with Gasteiger partial charge in [-0.2, -0.15) is 0 Å². The molecule has 0 aromatic rings. The Morgan fingerprint density at radius 1 is 1.26 bits per heavy atom. The fourth-order valence-electron chi connectivity index (χ4n) is 2.69. The summed E-state index contributed by atoms with van der Waals surface area (Å²) >= 11 is 0. The van der Waals surface area contributed by atoms with Crippen molar-refractivity contribution in [3.8, 4) is 0 Å². The largest absolute Gasteiger partial charge is 0.379 e. The Morgan fingerprint density at radius 2 is 1.95 bits per heavy atom. The van der Waals surface area contributed by atoms with Crippen LogP contribution >= 0.6 is 0 Å². The van der Waals surface area contributed by atoms with E-state index in [0.29, 0.717) is 13.2 Å². The van der Waals surface area contributed by atoms with Crippen LogP contribution in [0.5, 0.6) is 0 Å². The monoisotopic (exact) mass is 269 g/mol. The molecule has 0 aromatic heterocycles. The van der Waals surface area contributed by atoms with Gasteiger partial charge in [-0.3, -0.25) is 9.59 Å². The third-order valence-corrected chi connectivity index (χ3v) is 3.94. The molecule has 6 nitrogen and oxygen atoms in total. The van der Waals surface area contributed by atoms with Gasteiger partial charge in [-0.25, -0.2) is 0 Å². The van der Waals surface area contributed by atoms with Crippen molar-refractivity contribution < 1.29 is 14.3 Å². The first-order valence-electron chi connectivity index (χ1n) is 6.97. The zero-order valence-electron chi connectivity index (χ0n) is 11.6. The molecule has 2 fully saturated rings. The highest BCUT2D eigenvalue weighted by Crippen LogP contribution is 2.14. The van der Waals surface area contributed by atoms with Gasteiger partial charge in [0.05, 0.1) is 19.1 Å². The molecule has 0 aromatic carbocycles. The van der Waals surface area contributed by atoms with E-state index < -0.39 is 6.04 Å². The summed E-state index contributed by atoms with van der Waals surface area (Å²) in [5.41, 5.74) is 0. The Hall–Kier alpha value is -1.14. The third kappa shape index (κ3) is 3.25. The number of rotatable bonds is 4. The number of likely N-dealkylation sites (tertiary alicyclic amines) is 1. The molecule has 19 heavy (non-hydrogen) atoms. The van der Waals surface area contributed by atoms with Crippen molar-refractivity contribution in [2.75, 3.05) is 33.4 Å². The standard InChI is InChI=1S/C13H23N3O3/c1-9(13(18)16-5-3-4-6-16)15-12(17)10-7-19-8-11(10)14-2/h9-11,14H,3-8H2,1-2H3,(H,15,17). The van der Waals surface area contributed by atoms with Crippen molar-refractivity contribution in [3.63, 3.8) is 0 Å². The molecule has 3 unspecified atom stereocenters. The number of amides is 2. The summed E-state index contributed by atoms with van der Waals surface area (Å²) in [5, 5.41) is 5.88. The summed E-state index contributed by atoms with van der Waals surface area (Å²) in [6, 6.07) is -0.419. The third-order valence-electron chi connectivity index (χ3n) is 3.94. The zero-order valence-corrected chi connectivity index (χ0v) is 11.6. The summed E-state index contributed by atoms with van der Waals surface area (Å²) in [6.07, 6.45) is 2.12. The molecule has 0 bridgehead atoms. The Bertz CT molecular complexity index is 342. The maximum Gasteiger partial charge on any atom is 0.244 e. The van der Waals surface area contributed by atoms with E-state index >= 15 is 0 Å². The molecule has 0 spiro atoms. The van der Waals surface area contributed by atoms with E-state index in [1.165, 1.54) is 0 Å². The number of hydrogen-bond donors (Lipinski definition) is 2. The highest BCUT2D eigenvalue weighted by molar-refractivity contribution is 5.88. The molecule has 2 N–H and O–H groups in total. The molecule has 2 amide bonds. The van der Waals surface area contributed by atoms with Crippen LogP contribution in [-0.4, -0.2) is 62.1 Å². The highest BCUT2D eigenvalue weighted by atomic mass is 16.5. The van der Waals surface area contributed by atoms with Crippen LogP contribution in [0, 0.1) is 5.92 Å². The fourth-order valence-corrected chi connectivity index (χ4v) is 2.69. The van der Waals surface area contributed by atoms with Crippen molar-refractivity contribution in [2.24, 2.45) is 5.92 Å². The summed E-state index contributed by atoms with van der Waals surface area (Å²) in [6.45, 7) is 4.34. The van der Waals surface area contributed by atoms with Gasteiger partial charge in [-0.15, -0.1) is 0 Å². The molecular weight excluding hydrogens is 246 g/mol. The molecule has 3 atom stereocenters. The smallest absolute Gasteiger partial charge is 0.244 e. The molecule has 0 radical (unpaired) electrons. The van der Waals surface area contributed by atoms with Crippen molar-refractivity contribution >= 4 is 11.8 Å². The summed E-state index contributed by atoms with van der Waals surface area (Å²) in [4.78, 5) is 26.1. The second kappa shape index (κ2) is 6.34. The van der Waals surface area contributed by atoms with Crippen molar-refractivity contribution in [2.45, 2.75) is 31.8 Å². The van der Waals surface area contributed by atoms with Gasteiger partial charge >= 0.3 is 0 Å². The zero-order chi connectivity index (χ0) is 13.8. The normalized spacial score (nSPS) is 28.4. The van der Waals surface area contributed by atoms with E-state index in [1.807, 2.05) is 11.9 Å². The van der Waals surface area contributed by atoms with E-state index in [2.05, 4.69) is 10.6 Å². The number of nitrogens with one attached hydrogen (secondary N) is 2. The topological polar surface area (TPSA) is 70.7 Å². The first-order chi connectivity index (χ1) is 9.13. The minimum atomic E-state index is -0.455. The first kappa shape index (κ1) is 14.3. The fraction of sp³-hybridized carbons (Fsp3) is 0.846. The minimum absolute atomic E-state index is 0.0192. The second-order valence-electron chi connectivity index (χ2n) is 5.30. The molecule has 2 saturated heterocycles. The van der Waals surface area contributed by atoms with Crippen LogP contribution in [0.4, 0.5) is 0 Å². The summed E-state index contributed by atoms with van der Waals surface area (Å²) < 4.78 is 5.30. The number of nitrogens with zero attached hydrogens (tertiary/aromatic N) is 1. The molecule has 2 aliphatic rings. The minimum Gasteiger partial charge on any atom is -0.379 e. The Labute approximate surface area is 113 Å². The highest BCUT2D eigenvalue weighted by Gasteiger charge is 2.34. The van der Waals surface area contributed by atoms with Gasteiger partial charge in [0.25, 0.3) is 0 Å². The van der Waals surface area contributed by atoms with E-state index in [-0.39, 0.29) is 23.8 Å². The second-order valence-corrected chi connectivity index (χ2v) is 5.30. The van der Waals surface area contributed by atoms with Crippen LogP contribution in [0.1, 0.15) is 19.8 Å². The molecule has 6 heteroatoms. The lowest BCUT2D eigenvalue weighted by Gasteiger charge is -2.23. The summed E-state index contributed by atoms with van der Waals surface area (Å²) in [7, 11) is 1.82. The number of likely N-dealkylation sites (N-methyl/N-ethyl adjacent to an activating group) is 1. The SMILES string of the molecule is CNC1COCC1C(=O)NC(C)C(=O)N1CCCC1. The Balaban J connectivity index is 1.85. The predicted molar refractivity (Wildman–Crippen MR) is 70.6 cm³/mol. The molecule has 0 saturated carbocycles. The number of ether oxygens (including phenoxy) is 1. The predicted octanol–water partition coefficient (Wildman–Crippen LogP) is -0.652. The van der Waals surface area contributed by atoms with Gasteiger partial charge in [0.2, 0.25) is 11.8 Å². The van der Waals surface area contributed by atoms with E-state index in [4.69, 9.17) is 4.74 Å².